The van der Waals surface area contributed by atoms with Gasteiger partial charge in [0.2, 0.25) is 11.8 Å². The molecule has 1 atom stereocenters. The molecule has 0 heterocycles. The Bertz CT molecular complexity index is 834. The minimum absolute atomic E-state index is 0.0278. The van der Waals surface area contributed by atoms with Crippen LogP contribution < -0.4 is 5.32 Å². The molecule has 0 aliphatic heterocycles. The molecule has 2 aromatic carbocycles. The van der Waals surface area contributed by atoms with Gasteiger partial charge >= 0.3 is 0 Å². The summed E-state index contributed by atoms with van der Waals surface area (Å²) in [5, 5.41) is 3.23. The number of nitrogens with zero attached hydrogens (tertiary/aromatic N) is 1. The van der Waals surface area contributed by atoms with E-state index in [9.17, 15) is 9.59 Å². The highest BCUT2D eigenvalue weighted by Crippen LogP contribution is 2.21. The van der Waals surface area contributed by atoms with Gasteiger partial charge in [0.15, 0.2) is 0 Å². The molecule has 0 saturated heterocycles. The van der Waals surface area contributed by atoms with E-state index in [4.69, 9.17) is 0 Å². The van der Waals surface area contributed by atoms with Gasteiger partial charge in [-0.1, -0.05) is 78.2 Å². The van der Waals surface area contributed by atoms with E-state index >= 15 is 0 Å². The van der Waals surface area contributed by atoms with Crippen LogP contribution in [-0.2, 0) is 22.6 Å². The zero-order valence-electron chi connectivity index (χ0n) is 17.6. The zero-order chi connectivity index (χ0) is 21.3. The number of benzene rings is 2. The second kappa shape index (κ2) is 11.3. The van der Waals surface area contributed by atoms with E-state index < -0.39 is 6.04 Å². The third-order valence-corrected chi connectivity index (χ3v) is 6.17. The Morgan fingerprint density at radius 3 is 2.43 bits per heavy atom. The van der Waals surface area contributed by atoms with Gasteiger partial charge in [0.25, 0.3) is 0 Å². The molecule has 1 fully saturated rings. The Morgan fingerprint density at radius 2 is 1.77 bits per heavy atom. The second-order valence-corrected chi connectivity index (χ2v) is 9.01. The number of hydrogen-bond acceptors (Lipinski definition) is 2. The normalized spacial score (nSPS) is 15.0. The van der Waals surface area contributed by atoms with E-state index in [1.807, 2.05) is 61.5 Å². The molecule has 0 aromatic heterocycles. The molecule has 1 aliphatic rings. The Hall–Kier alpha value is -2.14. The first-order chi connectivity index (χ1) is 14.6. The number of halogens is 1. The number of hydrogen-bond donors (Lipinski definition) is 1. The van der Waals surface area contributed by atoms with E-state index in [0.29, 0.717) is 19.4 Å². The van der Waals surface area contributed by atoms with Crippen LogP contribution in [-0.4, -0.2) is 28.8 Å². The molecule has 0 bridgehead atoms. The van der Waals surface area contributed by atoms with Crippen LogP contribution in [0.15, 0.2) is 59.1 Å². The standard InChI is InChI=1S/C25H31BrN2O2/c1-2-9-24(29)28(18-20-12-8-13-21(26)16-20)23(17-19-10-4-3-5-11-19)25(30)27-22-14-6-7-15-22/h3-5,8,10-13,16,22-23H,2,6-7,9,14-15,17-18H2,1H3,(H,27,30)/t23-/m0/s1. The Morgan fingerprint density at radius 1 is 1.07 bits per heavy atom. The molecule has 0 unspecified atom stereocenters. The van der Waals surface area contributed by atoms with Gasteiger partial charge in [0.05, 0.1) is 0 Å². The van der Waals surface area contributed by atoms with E-state index in [1.54, 1.807) is 4.90 Å². The van der Waals surface area contributed by atoms with Crippen LogP contribution in [0.3, 0.4) is 0 Å². The van der Waals surface area contributed by atoms with Gasteiger partial charge in [-0.2, -0.15) is 0 Å². The van der Waals surface area contributed by atoms with Crippen LogP contribution in [0.2, 0.25) is 0 Å². The quantitative estimate of drug-likeness (QED) is 0.543. The molecule has 5 heteroatoms. The van der Waals surface area contributed by atoms with Crippen molar-refractivity contribution in [2.75, 3.05) is 0 Å². The number of carbonyl (C=O) groups is 2. The van der Waals surface area contributed by atoms with Crippen LogP contribution in [0, 0.1) is 0 Å². The molecule has 160 valence electrons. The van der Waals surface area contributed by atoms with Crippen molar-refractivity contribution in [2.45, 2.75) is 70.5 Å². The second-order valence-electron chi connectivity index (χ2n) is 8.10. The summed E-state index contributed by atoms with van der Waals surface area (Å²) in [5.41, 5.74) is 2.08. The van der Waals surface area contributed by atoms with Gasteiger partial charge in [-0.3, -0.25) is 9.59 Å². The van der Waals surface area contributed by atoms with Gasteiger partial charge in [0, 0.05) is 29.9 Å². The lowest BCUT2D eigenvalue weighted by molar-refractivity contribution is -0.141. The number of rotatable bonds is 9. The number of nitrogens with one attached hydrogen (secondary N) is 1. The maximum atomic E-state index is 13.4. The average Bonchev–Trinajstić information content (AvgIpc) is 3.24. The third kappa shape index (κ3) is 6.43. The summed E-state index contributed by atoms with van der Waals surface area (Å²) in [6.45, 7) is 2.42. The van der Waals surface area contributed by atoms with Crippen molar-refractivity contribution in [1.29, 1.82) is 0 Å². The highest BCUT2D eigenvalue weighted by molar-refractivity contribution is 9.10. The van der Waals surface area contributed by atoms with E-state index in [1.165, 1.54) is 0 Å². The van der Waals surface area contributed by atoms with Crippen LogP contribution in [0.5, 0.6) is 0 Å². The number of carbonyl (C=O) groups excluding carboxylic acids is 2. The SMILES string of the molecule is CCCC(=O)N(Cc1cccc(Br)c1)[C@@H](Cc1ccccc1)C(=O)NC1CCCC1. The van der Waals surface area contributed by atoms with Crippen molar-refractivity contribution in [1.82, 2.24) is 10.2 Å². The summed E-state index contributed by atoms with van der Waals surface area (Å²) in [5.74, 6) is -0.00909. The summed E-state index contributed by atoms with van der Waals surface area (Å²) in [6, 6.07) is 17.6. The largest absolute Gasteiger partial charge is 0.352 e. The Balaban J connectivity index is 1.88. The monoisotopic (exact) mass is 470 g/mol. The fourth-order valence-corrected chi connectivity index (χ4v) is 4.56. The van der Waals surface area contributed by atoms with Gasteiger partial charge in [0.1, 0.15) is 6.04 Å². The summed E-state index contributed by atoms with van der Waals surface area (Å²) in [6.07, 6.45) is 6.08. The highest BCUT2D eigenvalue weighted by atomic mass is 79.9. The molecule has 4 nitrogen and oxygen atoms in total. The Labute approximate surface area is 188 Å². The van der Waals surface area contributed by atoms with Crippen molar-refractivity contribution >= 4 is 27.7 Å². The van der Waals surface area contributed by atoms with E-state index in [0.717, 1.165) is 47.7 Å². The maximum Gasteiger partial charge on any atom is 0.243 e. The van der Waals surface area contributed by atoms with Gasteiger partial charge in [-0.05, 0) is 42.5 Å². The van der Waals surface area contributed by atoms with Crippen LogP contribution in [0.25, 0.3) is 0 Å². The lowest BCUT2D eigenvalue weighted by atomic mass is 10.0. The third-order valence-electron chi connectivity index (χ3n) is 5.68. The summed E-state index contributed by atoms with van der Waals surface area (Å²) in [7, 11) is 0. The highest BCUT2D eigenvalue weighted by Gasteiger charge is 2.31. The van der Waals surface area contributed by atoms with Gasteiger partial charge in [-0.15, -0.1) is 0 Å². The molecular formula is C25H31BrN2O2. The molecule has 2 amide bonds. The van der Waals surface area contributed by atoms with Crippen molar-refractivity contribution < 1.29 is 9.59 Å². The molecular weight excluding hydrogens is 440 g/mol. The average molecular weight is 471 g/mol. The minimum Gasteiger partial charge on any atom is -0.352 e. The zero-order valence-corrected chi connectivity index (χ0v) is 19.2. The van der Waals surface area contributed by atoms with Gasteiger partial charge < -0.3 is 10.2 Å². The first kappa shape index (κ1) is 22.5. The lowest BCUT2D eigenvalue weighted by Crippen LogP contribution is -2.52. The van der Waals surface area contributed by atoms with Crippen LogP contribution >= 0.6 is 15.9 Å². The van der Waals surface area contributed by atoms with Crippen molar-refractivity contribution in [2.24, 2.45) is 0 Å². The Kier molecular flexibility index (Phi) is 8.50. The van der Waals surface area contributed by atoms with Crippen LogP contribution in [0.4, 0.5) is 0 Å². The molecule has 2 aromatic rings. The first-order valence-corrected chi connectivity index (χ1v) is 11.7. The summed E-state index contributed by atoms with van der Waals surface area (Å²) >= 11 is 3.52. The topological polar surface area (TPSA) is 49.4 Å². The predicted octanol–water partition coefficient (Wildman–Crippen LogP) is 5.25. The van der Waals surface area contributed by atoms with Crippen molar-refractivity contribution in [3.05, 3.63) is 70.2 Å². The number of amides is 2. The smallest absolute Gasteiger partial charge is 0.243 e. The fourth-order valence-electron chi connectivity index (χ4n) is 4.11. The van der Waals surface area contributed by atoms with Gasteiger partial charge in [-0.25, -0.2) is 0 Å². The van der Waals surface area contributed by atoms with E-state index in [2.05, 4.69) is 21.2 Å². The lowest BCUT2D eigenvalue weighted by Gasteiger charge is -2.32. The first-order valence-electron chi connectivity index (χ1n) is 10.9. The summed E-state index contributed by atoms with van der Waals surface area (Å²) in [4.78, 5) is 28.3. The maximum absolute atomic E-state index is 13.4. The molecule has 1 N–H and O–H groups in total. The summed E-state index contributed by atoms with van der Waals surface area (Å²) < 4.78 is 0.970. The van der Waals surface area contributed by atoms with Crippen molar-refractivity contribution in [3.63, 3.8) is 0 Å². The van der Waals surface area contributed by atoms with Crippen molar-refractivity contribution in [3.8, 4) is 0 Å². The minimum atomic E-state index is -0.522. The fraction of sp³-hybridized carbons (Fsp3) is 0.440. The molecule has 30 heavy (non-hydrogen) atoms. The molecule has 0 spiro atoms. The van der Waals surface area contributed by atoms with E-state index in [-0.39, 0.29) is 17.9 Å². The predicted molar refractivity (Wildman–Crippen MR) is 124 cm³/mol. The molecule has 1 aliphatic carbocycles. The molecule has 3 rings (SSSR count). The van der Waals surface area contributed by atoms with Crippen LogP contribution in [0.1, 0.15) is 56.6 Å². The molecule has 0 radical (unpaired) electrons. The molecule has 1 saturated carbocycles.